The van der Waals surface area contributed by atoms with Crippen molar-refractivity contribution in [1.82, 2.24) is 9.80 Å². The Balaban J connectivity index is 1.72. The lowest BCUT2D eigenvalue weighted by molar-refractivity contribution is -0.120. The standard InChI is InChI=1S/C16H22N2O/c1-17-8-7-15-10-18(12-16(15,11-17)13-19)9-14-5-3-2-4-6-14/h2-6,13,15H,7-12H2,1H3. The second-order valence-electron chi connectivity index (χ2n) is 6.23. The monoisotopic (exact) mass is 258 g/mol. The zero-order chi connectivity index (χ0) is 13.3. The quantitative estimate of drug-likeness (QED) is 0.770. The Morgan fingerprint density at radius 2 is 2.11 bits per heavy atom. The van der Waals surface area contributed by atoms with Gasteiger partial charge in [0.25, 0.3) is 0 Å². The number of nitrogens with zero attached hydrogens (tertiary/aromatic N) is 2. The molecule has 2 atom stereocenters. The second kappa shape index (κ2) is 5.06. The van der Waals surface area contributed by atoms with E-state index in [1.807, 2.05) is 0 Å². The lowest BCUT2D eigenvalue weighted by Gasteiger charge is -2.38. The highest BCUT2D eigenvalue weighted by Crippen LogP contribution is 2.40. The van der Waals surface area contributed by atoms with Gasteiger partial charge in [-0.05, 0) is 31.5 Å². The van der Waals surface area contributed by atoms with Crippen molar-refractivity contribution in [2.75, 3.05) is 33.2 Å². The largest absolute Gasteiger partial charge is 0.305 e. The van der Waals surface area contributed by atoms with E-state index in [1.165, 1.54) is 11.8 Å². The van der Waals surface area contributed by atoms with Crippen LogP contribution in [-0.4, -0.2) is 49.3 Å². The normalized spacial score (nSPS) is 32.2. The van der Waals surface area contributed by atoms with Gasteiger partial charge < -0.3 is 9.69 Å². The second-order valence-corrected chi connectivity index (χ2v) is 6.23. The van der Waals surface area contributed by atoms with Crippen LogP contribution in [0.2, 0.25) is 0 Å². The van der Waals surface area contributed by atoms with E-state index in [0.717, 1.165) is 39.1 Å². The molecule has 3 rings (SSSR count). The first-order valence-corrected chi connectivity index (χ1v) is 7.13. The molecule has 2 aliphatic rings. The molecule has 2 aliphatic heterocycles. The number of piperidine rings is 1. The van der Waals surface area contributed by atoms with Gasteiger partial charge in [0.1, 0.15) is 6.29 Å². The van der Waals surface area contributed by atoms with Crippen LogP contribution < -0.4 is 0 Å². The van der Waals surface area contributed by atoms with E-state index in [0.29, 0.717) is 5.92 Å². The number of aldehydes is 1. The third-order valence-corrected chi connectivity index (χ3v) is 4.72. The molecule has 2 saturated heterocycles. The highest BCUT2D eigenvalue weighted by Gasteiger charge is 2.48. The minimum absolute atomic E-state index is 0.123. The highest BCUT2D eigenvalue weighted by molar-refractivity contribution is 5.62. The van der Waals surface area contributed by atoms with Crippen LogP contribution in [0.25, 0.3) is 0 Å². The third-order valence-electron chi connectivity index (χ3n) is 4.72. The summed E-state index contributed by atoms with van der Waals surface area (Å²) in [4.78, 5) is 16.4. The van der Waals surface area contributed by atoms with Crippen molar-refractivity contribution >= 4 is 6.29 Å². The number of benzene rings is 1. The highest BCUT2D eigenvalue weighted by atomic mass is 16.1. The van der Waals surface area contributed by atoms with E-state index in [4.69, 9.17) is 0 Å². The lowest BCUT2D eigenvalue weighted by Crippen LogP contribution is -2.48. The molecule has 0 bridgehead atoms. The maximum Gasteiger partial charge on any atom is 0.129 e. The van der Waals surface area contributed by atoms with E-state index in [1.54, 1.807) is 0 Å². The Hall–Kier alpha value is -1.19. The Bertz CT molecular complexity index is 447. The summed E-state index contributed by atoms with van der Waals surface area (Å²) in [6.07, 6.45) is 2.39. The van der Waals surface area contributed by atoms with Crippen molar-refractivity contribution < 1.29 is 4.79 Å². The molecule has 0 aromatic heterocycles. The van der Waals surface area contributed by atoms with Gasteiger partial charge in [0.15, 0.2) is 0 Å². The number of fused-ring (bicyclic) bond motifs is 1. The van der Waals surface area contributed by atoms with Crippen LogP contribution in [0.1, 0.15) is 12.0 Å². The molecule has 102 valence electrons. The van der Waals surface area contributed by atoms with Gasteiger partial charge >= 0.3 is 0 Å². The van der Waals surface area contributed by atoms with E-state index in [2.05, 4.69) is 47.2 Å². The number of hydrogen-bond acceptors (Lipinski definition) is 3. The van der Waals surface area contributed by atoms with Crippen LogP contribution in [-0.2, 0) is 11.3 Å². The number of carbonyl (C=O) groups excluding carboxylic acids is 1. The van der Waals surface area contributed by atoms with E-state index in [9.17, 15) is 4.79 Å². The zero-order valence-corrected chi connectivity index (χ0v) is 11.6. The minimum Gasteiger partial charge on any atom is -0.305 e. The van der Waals surface area contributed by atoms with Gasteiger partial charge in [-0.2, -0.15) is 0 Å². The molecule has 2 heterocycles. The van der Waals surface area contributed by atoms with Crippen LogP contribution in [0.4, 0.5) is 0 Å². The summed E-state index contributed by atoms with van der Waals surface area (Å²) >= 11 is 0. The molecule has 3 heteroatoms. The first-order chi connectivity index (χ1) is 9.22. The Labute approximate surface area is 115 Å². The smallest absolute Gasteiger partial charge is 0.129 e. The minimum atomic E-state index is -0.123. The SMILES string of the molecule is CN1CCC2CN(Cc3ccccc3)CC2(C=O)C1. The summed E-state index contributed by atoms with van der Waals surface area (Å²) < 4.78 is 0. The fourth-order valence-electron chi connectivity index (χ4n) is 3.75. The van der Waals surface area contributed by atoms with Crippen molar-refractivity contribution in [2.45, 2.75) is 13.0 Å². The molecule has 19 heavy (non-hydrogen) atoms. The van der Waals surface area contributed by atoms with E-state index in [-0.39, 0.29) is 5.41 Å². The van der Waals surface area contributed by atoms with E-state index < -0.39 is 0 Å². The molecule has 0 radical (unpaired) electrons. The molecule has 2 fully saturated rings. The average Bonchev–Trinajstić information content (AvgIpc) is 2.77. The predicted octanol–water partition coefficient (Wildman–Crippen LogP) is 1.64. The number of carbonyl (C=O) groups is 1. The fourth-order valence-corrected chi connectivity index (χ4v) is 3.75. The van der Waals surface area contributed by atoms with Crippen molar-refractivity contribution in [2.24, 2.45) is 11.3 Å². The zero-order valence-electron chi connectivity index (χ0n) is 11.6. The van der Waals surface area contributed by atoms with Crippen LogP contribution in [0.3, 0.4) is 0 Å². The number of rotatable bonds is 3. The van der Waals surface area contributed by atoms with Gasteiger partial charge in [0, 0.05) is 26.2 Å². The Kier molecular flexibility index (Phi) is 3.42. The molecular formula is C16H22N2O. The maximum absolute atomic E-state index is 11.7. The van der Waals surface area contributed by atoms with Crippen molar-refractivity contribution in [3.8, 4) is 0 Å². The summed E-state index contributed by atoms with van der Waals surface area (Å²) in [6.45, 7) is 5.00. The van der Waals surface area contributed by atoms with Gasteiger partial charge in [-0.1, -0.05) is 30.3 Å². The van der Waals surface area contributed by atoms with Crippen molar-refractivity contribution in [3.05, 3.63) is 35.9 Å². The molecule has 2 unspecified atom stereocenters. The van der Waals surface area contributed by atoms with Crippen LogP contribution >= 0.6 is 0 Å². The van der Waals surface area contributed by atoms with Gasteiger partial charge in [-0.3, -0.25) is 4.90 Å². The topological polar surface area (TPSA) is 23.6 Å². The molecular weight excluding hydrogens is 236 g/mol. The first kappa shape index (κ1) is 12.8. The lowest BCUT2D eigenvalue weighted by atomic mass is 9.75. The van der Waals surface area contributed by atoms with Crippen LogP contribution in [0.15, 0.2) is 30.3 Å². The average molecular weight is 258 g/mol. The Morgan fingerprint density at radius 3 is 2.84 bits per heavy atom. The molecule has 1 aromatic carbocycles. The number of likely N-dealkylation sites (tertiary alicyclic amines) is 2. The van der Waals surface area contributed by atoms with Gasteiger partial charge in [-0.15, -0.1) is 0 Å². The summed E-state index contributed by atoms with van der Waals surface area (Å²) in [6, 6.07) is 10.6. The molecule has 0 N–H and O–H groups in total. The maximum atomic E-state index is 11.7. The van der Waals surface area contributed by atoms with Crippen molar-refractivity contribution in [3.63, 3.8) is 0 Å². The molecule has 0 aliphatic carbocycles. The van der Waals surface area contributed by atoms with Gasteiger partial charge in [-0.25, -0.2) is 0 Å². The molecule has 0 amide bonds. The fraction of sp³-hybridized carbons (Fsp3) is 0.562. The first-order valence-electron chi connectivity index (χ1n) is 7.13. The van der Waals surface area contributed by atoms with Crippen molar-refractivity contribution in [1.29, 1.82) is 0 Å². The van der Waals surface area contributed by atoms with Gasteiger partial charge in [0.2, 0.25) is 0 Å². The predicted molar refractivity (Wildman–Crippen MR) is 75.8 cm³/mol. The molecule has 1 aromatic rings. The molecule has 0 spiro atoms. The summed E-state index contributed by atoms with van der Waals surface area (Å²) in [5.74, 6) is 0.546. The van der Waals surface area contributed by atoms with Crippen LogP contribution in [0, 0.1) is 11.3 Å². The summed E-state index contributed by atoms with van der Waals surface area (Å²) in [7, 11) is 2.13. The Morgan fingerprint density at radius 1 is 1.32 bits per heavy atom. The summed E-state index contributed by atoms with van der Waals surface area (Å²) in [5, 5.41) is 0. The van der Waals surface area contributed by atoms with Crippen LogP contribution in [0.5, 0.6) is 0 Å². The molecule has 3 nitrogen and oxygen atoms in total. The third kappa shape index (κ3) is 2.45. The van der Waals surface area contributed by atoms with E-state index >= 15 is 0 Å². The van der Waals surface area contributed by atoms with Gasteiger partial charge in [0.05, 0.1) is 5.41 Å². The number of hydrogen-bond donors (Lipinski definition) is 0. The summed E-state index contributed by atoms with van der Waals surface area (Å²) in [5.41, 5.74) is 1.22. The molecule has 0 saturated carbocycles.